The predicted octanol–water partition coefficient (Wildman–Crippen LogP) is 2.59. The van der Waals surface area contributed by atoms with Crippen LogP contribution in [0.25, 0.3) is 0 Å². The molecule has 1 amide bonds. The van der Waals surface area contributed by atoms with Crippen LogP contribution in [0.2, 0.25) is 0 Å². The van der Waals surface area contributed by atoms with Gasteiger partial charge in [0.15, 0.2) is 0 Å². The maximum Gasteiger partial charge on any atom is 0.404 e. The van der Waals surface area contributed by atoms with E-state index in [1.165, 1.54) is 0 Å². The molecule has 0 bridgehead atoms. The molecule has 0 radical (unpaired) electrons. The van der Waals surface area contributed by atoms with Crippen LogP contribution in [0.15, 0.2) is 61.2 Å². The monoisotopic (exact) mass is 400 g/mol. The van der Waals surface area contributed by atoms with Gasteiger partial charge in [0, 0.05) is 18.7 Å². The summed E-state index contributed by atoms with van der Waals surface area (Å²) in [4.78, 5) is 11.1. The minimum atomic E-state index is -1.17. The lowest BCUT2D eigenvalue weighted by atomic mass is 10.0. The average molecular weight is 400 g/mol. The zero-order chi connectivity index (χ0) is 21.1. The summed E-state index contributed by atoms with van der Waals surface area (Å²) in [5.74, 6) is 1.39. The zero-order valence-corrected chi connectivity index (χ0v) is 16.5. The van der Waals surface area contributed by atoms with E-state index in [1.807, 2.05) is 48.5 Å². The molecule has 0 aliphatic rings. The van der Waals surface area contributed by atoms with Crippen molar-refractivity contribution in [3.8, 4) is 11.5 Å². The Morgan fingerprint density at radius 3 is 2.66 bits per heavy atom. The molecule has 0 saturated carbocycles. The summed E-state index contributed by atoms with van der Waals surface area (Å²) < 4.78 is 10.9. The molecule has 0 aromatic heterocycles. The zero-order valence-electron chi connectivity index (χ0n) is 16.5. The first-order valence-electron chi connectivity index (χ1n) is 9.36. The number of hydrogen-bond donors (Lipinski definition) is 4. The third-order valence-electron chi connectivity index (χ3n) is 4.37. The number of aliphatic hydroxyl groups excluding tert-OH is 1. The van der Waals surface area contributed by atoms with Gasteiger partial charge >= 0.3 is 6.09 Å². The van der Waals surface area contributed by atoms with Crippen molar-refractivity contribution in [3.05, 3.63) is 72.3 Å². The van der Waals surface area contributed by atoms with Crippen molar-refractivity contribution in [2.75, 3.05) is 20.3 Å². The number of ether oxygens (including phenoxy) is 2. The Morgan fingerprint density at radius 2 is 2.00 bits per heavy atom. The fraction of sp³-hybridized carbons (Fsp3) is 0.318. The van der Waals surface area contributed by atoms with Crippen LogP contribution in [0.5, 0.6) is 11.5 Å². The van der Waals surface area contributed by atoms with Crippen molar-refractivity contribution < 1.29 is 24.5 Å². The Morgan fingerprint density at radius 1 is 1.24 bits per heavy atom. The van der Waals surface area contributed by atoms with Crippen molar-refractivity contribution in [3.63, 3.8) is 0 Å². The van der Waals surface area contributed by atoms with Gasteiger partial charge in [-0.1, -0.05) is 43.0 Å². The Balaban J connectivity index is 1.99. The van der Waals surface area contributed by atoms with Crippen molar-refractivity contribution in [1.82, 2.24) is 10.6 Å². The molecule has 0 aliphatic carbocycles. The van der Waals surface area contributed by atoms with Crippen molar-refractivity contribution in [2.24, 2.45) is 0 Å². The smallest absolute Gasteiger partial charge is 0.404 e. The first-order valence-corrected chi connectivity index (χ1v) is 9.36. The lowest BCUT2D eigenvalue weighted by molar-refractivity contribution is 0.117. The van der Waals surface area contributed by atoms with E-state index in [9.17, 15) is 9.90 Å². The summed E-state index contributed by atoms with van der Waals surface area (Å²) in [6.07, 6.45) is -0.0212. The third kappa shape index (κ3) is 7.48. The highest BCUT2D eigenvalue weighted by Gasteiger charge is 2.21. The molecule has 0 spiro atoms. The molecule has 0 saturated heterocycles. The van der Waals surface area contributed by atoms with Gasteiger partial charge in [0.25, 0.3) is 0 Å². The fourth-order valence-electron chi connectivity index (χ4n) is 2.92. The summed E-state index contributed by atoms with van der Waals surface area (Å²) in [5, 5.41) is 25.2. The van der Waals surface area contributed by atoms with E-state index in [0.29, 0.717) is 31.1 Å². The maximum absolute atomic E-state index is 11.1. The van der Waals surface area contributed by atoms with Gasteiger partial charge in [-0.25, -0.2) is 4.79 Å². The summed E-state index contributed by atoms with van der Waals surface area (Å²) in [5.41, 5.74) is 1.81. The predicted molar refractivity (Wildman–Crippen MR) is 111 cm³/mol. The number of hydrogen-bond acceptors (Lipinski definition) is 5. The summed E-state index contributed by atoms with van der Waals surface area (Å²) in [7, 11) is 1.59. The van der Waals surface area contributed by atoms with Crippen LogP contribution in [-0.4, -0.2) is 48.7 Å². The maximum atomic E-state index is 11.1. The second kappa shape index (κ2) is 11.7. The number of nitrogens with one attached hydrogen (secondary N) is 2. The van der Waals surface area contributed by atoms with Crippen LogP contribution in [0.1, 0.15) is 11.1 Å². The van der Waals surface area contributed by atoms with Crippen LogP contribution in [0, 0.1) is 0 Å². The van der Waals surface area contributed by atoms with E-state index in [4.69, 9.17) is 14.6 Å². The molecule has 4 N–H and O–H groups in total. The van der Waals surface area contributed by atoms with Crippen LogP contribution in [-0.2, 0) is 13.0 Å². The Kier molecular flexibility index (Phi) is 9.01. The minimum absolute atomic E-state index is 0.204. The highest BCUT2D eigenvalue weighted by atomic mass is 16.5. The molecule has 0 aliphatic heterocycles. The fourth-order valence-corrected chi connectivity index (χ4v) is 2.92. The molecule has 2 aromatic rings. The van der Waals surface area contributed by atoms with Gasteiger partial charge in [0.05, 0.1) is 19.3 Å². The quantitative estimate of drug-likeness (QED) is 0.409. The molecule has 0 unspecified atom stereocenters. The number of benzene rings is 2. The SMILES string of the molecule is C=CCOc1ccc(OC)cc1CNC[C@@H](O)[C@H](Cc1ccccc1)NC(=O)O. The lowest BCUT2D eigenvalue weighted by Crippen LogP contribution is -2.48. The summed E-state index contributed by atoms with van der Waals surface area (Å²) in [6.45, 7) is 4.65. The summed E-state index contributed by atoms with van der Waals surface area (Å²) in [6, 6.07) is 14.3. The number of amides is 1. The number of aliphatic hydroxyl groups is 1. The number of carbonyl (C=O) groups is 1. The van der Waals surface area contributed by atoms with Crippen LogP contribution < -0.4 is 20.1 Å². The average Bonchev–Trinajstić information content (AvgIpc) is 2.72. The van der Waals surface area contributed by atoms with Gasteiger partial charge in [0.2, 0.25) is 0 Å². The first-order chi connectivity index (χ1) is 14.0. The Bertz CT molecular complexity index is 782. The standard InChI is InChI=1S/C22H28N2O5/c1-3-11-29-21-10-9-18(28-2)13-17(21)14-23-15-20(25)19(24-22(26)27)12-16-7-5-4-6-8-16/h3-10,13,19-20,23-25H,1,11-12,14-15H2,2H3,(H,26,27)/t19-,20+/m0/s1. The van der Waals surface area contributed by atoms with Gasteiger partial charge < -0.3 is 30.3 Å². The number of carboxylic acid groups (broad SMARTS) is 1. The first kappa shape index (κ1) is 22.3. The van der Waals surface area contributed by atoms with Crippen molar-refractivity contribution >= 4 is 6.09 Å². The van der Waals surface area contributed by atoms with Gasteiger partial charge in [0.1, 0.15) is 18.1 Å². The highest BCUT2D eigenvalue weighted by molar-refractivity contribution is 5.65. The van der Waals surface area contributed by atoms with Crippen LogP contribution >= 0.6 is 0 Å². The second-order valence-electron chi connectivity index (χ2n) is 6.52. The topological polar surface area (TPSA) is 100 Å². The largest absolute Gasteiger partial charge is 0.497 e. The Hall–Kier alpha value is -3.03. The molecule has 2 rings (SSSR count). The van der Waals surface area contributed by atoms with Gasteiger partial charge in [-0.05, 0) is 30.2 Å². The third-order valence-corrected chi connectivity index (χ3v) is 4.37. The Labute approximate surface area is 171 Å². The van der Waals surface area contributed by atoms with Gasteiger partial charge in [-0.15, -0.1) is 0 Å². The molecular formula is C22H28N2O5. The number of methoxy groups -OCH3 is 1. The number of rotatable bonds is 12. The molecule has 2 atom stereocenters. The van der Waals surface area contributed by atoms with Crippen LogP contribution in [0.4, 0.5) is 4.79 Å². The van der Waals surface area contributed by atoms with E-state index in [1.54, 1.807) is 13.2 Å². The van der Waals surface area contributed by atoms with E-state index in [-0.39, 0.29) is 6.54 Å². The van der Waals surface area contributed by atoms with Gasteiger partial charge in [-0.3, -0.25) is 0 Å². The molecule has 0 heterocycles. The molecule has 7 heteroatoms. The lowest BCUT2D eigenvalue weighted by Gasteiger charge is -2.23. The molecule has 2 aromatic carbocycles. The normalized spacial score (nSPS) is 12.6. The second-order valence-corrected chi connectivity index (χ2v) is 6.52. The minimum Gasteiger partial charge on any atom is -0.497 e. The summed E-state index contributed by atoms with van der Waals surface area (Å²) >= 11 is 0. The highest BCUT2D eigenvalue weighted by Crippen LogP contribution is 2.24. The van der Waals surface area contributed by atoms with E-state index < -0.39 is 18.2 Å². The van der Waals surface area contributed by atoms with E-state index in [0.717, 1.165) is 11.1 Å². The molecule has 7 nitrogen and oxygen atoms in total. The van der Waals surface area contributed by atoms with E-state index >= 15 is 0 Å². The molecular weight excluding hydrogens is 372 g/mol. The van der Waals surface area contributed by atoms with Crippen molar-refractivity contribution in [1.29, 1.82) is 0 Å². The molecule has 0 fully saturated rings. The van der Waals surface area contributed by atoms with Crippen molar-refractivity contribution in [2.45, 2.75) is 25.1 Å². The molecule has 29 heavy (non-hydrogen) atoms. The molecule has 156 valence electrons. The van der Waals surface area contributed by atoms with E-state index in [2.05, 4.69) is 17.2 Å². The van der Waals surface area contributed by atoms with Gasteiger partial charge in [-0.2, -0.15) is 0 Å². The van der Waals surface area contributed by atoms with Crippen LogP contribution in [0.3, 0.4) is 0 Å².